The molecule has 0 unspecified atom stereocenters. The van der Waals surface area contributed by atoms with Crippen LogP contribution in [0, 0.1) is 23.7 Å². The van der Waals surface area contributed by atoms with E-state index in [1.165, 1.54) is 104 Å². The van der Waals surface area contributed by atoms with Gasteiger partial charge < -0.3 is 4.90 Å². The highest BCUT2D eigenvalue weighted by Crippen LogP contribution is 2.69. The molecular formula is C53H45N. The summed E-state index contributed by atoms with van der Waals surface area (Å²) in [5.41, 5.74) is 18.1. The van der Waals surface area contributed by atoms with Gasteiger partial charge >= 0.3 is 0 Å². The summed E-state index contributed by atoms with van der Waals surface area (Å²) in [4.78, 5) is 2.55. The summed E-state index contributed by atoms with van der Waals surface area (Å²) in [6.45, 7) is 4.78. The summed E-state index contributed by atoms with van der Waals surface area (Å²) in [7, 11) is 0. The molecule has 6 aliphatic carbocycles. The first-order chi connectivity index (χ1) is 26.5. The summed E-state index contributed by atoms with van der Waals surface area (Å²) in [6.07, 6.45) is 7.04. The Morgan fingerprint density at radius 2 is 1.04 bits per heavy atom. The van der Waals surface area contributed by atoms with Crippen LogP contribution in [0.3, 0.4) is 0 Å². The quantitative estimate of drug-likeness (QED) is 0.177. The van der Waals surface area contributed by atoms with Crippen molar-refractivity contribution in [3.8, 4) is 33.4 Å². The first-order valence-corrected chi connectivity index (χ1v) is 20.4. The lowest BCUT2D eigenvalue weighted by Crippen LogP contribution is -2.55. The molecule has 4 bridgehead atoms. The molecule has 0 heterocycles. The number of benzene rings is 7. The summed E-state index contributed by atoms with van der Waals surface area (Å²) in [6, 6.07) is 58.0. The van der Waals surface area contributed by atoms with Crippen molar-refractivity contribution in [1.29, 1.82) is 0 Å². The van der Waals surface area contributed by atoms with Crippen LogP contribution in [0.5, 0.6) is 0 Å². The van der Waals surface area contributed by atoms with E-state index in [0.29, 0.717) is 0 Å². The lowest BCUT2D eigenvalue weighted by Gasteiger charge is -2.61. The van der Waals surface area contributed by atoms with Crippen LogP contribution in [0.2, 0.25) is 0 Å². The topological polar surface area (TPSA) is 3.24 Å². The molecule has 1 spiro atoms. The molecule has 0 radical (unpaired) electrons. The molecule has 1 nitrogen and oxygen atoms in total. The Hall–Kier alpha value is -5.40. The van der Waals surface area contributed by atoms with Gasteiger partial charge in [-0.3, -0.25) is 0 Å². The SMILES string of the molecule is CC1(C)c2ccccc2-c2cccc(-c3ccc(N(c4ccc5c(c4)C4(c6ccccc6-5)C5CC6CC(C5)CC4C6)c4cccc5ccccc45)cc3)c21. The Bertz CT molecular complexity index is 2630. The van der Waals surface area contributed by atoms with Crippen molar-refractivity contribution in [2.75, 3.05) is 4.90 Å². The number of nitrogens with zero attached hydrogens (tertiary/aromatic N) is 1. The molecule has 1 heteroatoms. The Kier molecular flexibility index (Phi) is 6.36. The lowest BCUT2D eigenvalue weighted by atomic mass is 9.43. The molecule has 0 N–H and O–H groups in total. The smallest absolute Gasteiger partial charge is 0.0540 e. The summed E-state index contributed by atoms with van der Waals surface area (Å²) >= 11 is 0. The predicted molar refractivity (Wildman–Crippen MR) is 225 cm³/mol. The van der Waals surface area contributed by atoms with Gasteiger partial charge in [-0.15, -0.1) is 0 Å². The minimum absolute atomic E-state index is 0.0634. The van der Waals surface area contributed by atoms with Crippen molar-refractivity contribution in [1.82, 2.24) is 0 Å². The lowest BCUT2D eigenvalue weighted by molar-refractivity contribution is -0.0399. The van der Waals surface area contributed by atoms with E-state index in [0.717, 1.165) is 23.7 Å². The highest BCUT2D eigenvalue weighted by molar-refractivity contribution is 6.00. The molecule has 0 atom stereocenters. The predicted octanol–water partition coefficient (Wildman–Crippen LogP) is 14.0. The monoisotopic (exact) mass is 695 g/mol. The maximum absolute atomic E-state index is 2.64. The van der Waals surface area contributed by atoms with E-state index >= 15 is 0 Å². The van der Waals surface area contributed by atoms with Crippen molar-refractivity contribution in [3.05, 3.63) is 174 Å². The van der Waals surface area contributed by atoms with Crippen molar-refractivity contribution in [2.24, 2.45) is 23.7 Å². The largest absolute Gasteiger partial charge is 0.310 e. The molecule has 4 fully saturated rings. The zero-order valence-electron chi connectivity index (χ0n) is 31.2. The van der Waals surface area contributed by atoms with Crippen LogP contribution in [-0.2, 0) is 10.8 Å². The van der Waals surface area contributed by atoms with Crippen LogP contribution in [0.4, 0.5) is 17.1 Å². The van der Waals surface area contributed by atoms with Crippen LogP contribution in [0.1, 0.15) is 68.2 Å². The fourth-order valence-electron chi connectivity index (χ4n) is 13.0. The Labute approximate surface area is 319 Å². The van der Waals surface area contributed by atoms with E-state index in [-0.39, 0.29) is 10.8 Å². The van der Waals surface area contributed by atoms with Crippen molar-refractivity contribution >= 4 is 27.8 Å². The molecule has 0 aromatic heterocycles. The molecule has 13 rings (SSSR count). The Morgan fingerprint density at radius 3 is 1.81 bits per heavy atom. The summed E-state index contributed by atoms with van der Waals surface area (Å²) in [5, 5.41) is 2.54. The average Bonchev–Trinajstić information content (AvgIpc) is 3.63. The van der Waals surface area contributed by atoms with Gasteiger partial charge in [0.05, 0.1) is 5.69 Å². The van der Waals surface area contributed by atoms with Crippen LogP contribution in [0.25, 0.3) is 44.2 Å². The molecule has 0 saturated heterocycles. The molecular weight excluding hydrogens is 651 g/mol. The van der Waals surface area contributed by atoms with E-state index < -0.39 is 0 Å². The van der Waals surface area contributed by atoms with Crippen molar-refractivity contribution in [3.63, 3.8) is 0 Å². The molecule has 7 aromatic rings. The van der Waals surface area contributed by atoms with Gasteiger partial charge in [-0.25, -0.2) is 0 Å². The van der Waals surface area contributed by atoms with Crippen molar-refractivity contribution < 1.29 is 0 Å². The second-order valence-electron chi connectivity index (χ2n) is 17.7. The molecule has 54 heavy (non-hydrogen) atoms. The average molecular weight is 696 g/mol. The second kappa shape index (κ2) is 11.1. The minimum atomic E-state index is -0.0634. The number of anilines is 3. The van der Waals surface area contributed by atoms with Gasteiger partial charge in [0.15, 0.2) is 0 Å². The molecule has 262 valence electrons. The highest BCUT2D eigenvalue weighted by Gasteiger charge is 2.61. The van der Waals surface area contributed by atoms with Crippen LogP contribution in [-0.4, -0.2) is 0 Å². The fraction of sp³-hybridized carbons (Fsp3) is 0.245. The highest BCUT2D eigenvalue weighted by atomic mass is 15.1. The van der Waals surface area contributed by atoms with Crippen molar-refractivity contribution in [2.45, 2.75) is 56.8 Å². The van der Waals surface area contributed by atoms with Crippen LogP contribution >= 0.6 is 0 Å². The first kappa shape index (κ1) is 31.0. The molecule has 0 amide bonds. The third kappa shape index (κ3) is 4.05. The standard InChI is InChI=1S/C53H45N/c1-52(2)47-18-7-5-15-44(47)46-17-10-16-42(51(46)52)36-21-23-39(24-22-36)54(50-20-9-12-35-11-3-4-13-41(35)50)40-25-26-45-43-14-6-8-19-48(43)53(49(45)32-40)37-28-33-27-34(30-37)31-38(53)29-33/h3-26,32-34,37-38H,27-31H2,1-2H3. The third-order valence-electron chi connectivity index (χ3n) is 14.8. The maximum Gasteiger partial charge on any atom is 0.0540 e. The second-order valence-corrected chi connectivity index (χ2v) is 17.7. The van der Waals surface area contributed by atoms with Gasteiger partial charge in [0, 0.05) is 27.6 Å². The van der Waals surface area contributed by atoms with Crippen LogP contribution in [0.15, 0.2) is 152 Å². The van der Waals surface area contributed by atoms with E-state index in [9.17, 15) is 0 Å². The van der Waals surface area contributed by atoms with Gasteiger partial charge in [0.1, 0.15) is 0 Å². The fourth-order valence-corrected chi connectivity index (χ4v) is 13.0. The molecule has 6 aliphatic rings. The summed E-state index contributed by atoms with van der Waals surface area (Å²) < 4.78 is 0. The van der Waals surface area contributed by atoms with E-state index in [1.807, 2.05) is 0 Å². The molecule has 4 saturated carbocycles. The zero-order valence-corrected chi connectivity index (χ0v) is 31.2. The van der Waals surface area contributed by atoms with Gasteiger partial charge in [0.25, 0.3) is 0 Å². The number of rotatable bonds is 4. The minimum Gasteiger partial charge on any atom is -0.310 e. The van der Waals surface area contributed by atoms with E-state index in [4.69, 9.17) is 0 Å². The number of fused-ring (bicyclic) bond motifs is 7. The van der Waals surface area contributed by atoms with Gasteiger partial charge in [-0.2, -0.15) is 0 Å². The van der Waals surface area contributed by atoms with E-state index in [2.05, 4.69) is 170 Å². The van der Waals surface area contributed by atoms with Gasteiger partial charge in [0.2, 0.25) is 0 Å². The molecule has 7 aromatic carbocycles. The zero-order chi connectivity index (χ0) is 35.8. The Morgan fingerprint density at radius 1 is 0.463 bits per heavy atom. The first-order valence-electron chi connectivity index (χ1n) is 20.4. The maximum atomic E-state index is 2.64. The van der Waals surface area contributed by atoms with Gasteiger partial charge in [-0.05, 0) is 147 Å². The number of hydrogen-bond donors (Lipinski definition) is 0. The van der Waals surface area contributed by atoms with Crippen LogP contribution < -0.4 is 4.90 Å². The summed E-state index contributed by atoms with van der Waals surface area (Å²) in [5.74, 6) is 3.32. The normalized spacial score (nSPS) is 24.7. The molecule has 0 aliphatic heterocycles. The number of hydrogen-bond acceptors (Lipinski definition) is 1. The van der Waals surface area contributed by atoms with Gasteiger partial charge in [-0.1, -0.05) is 135 Å². The Balaban J connectivity index is 1.03. The van der Waals surface area contributed by atoms with E-state index in [1.54, 1.807) is 11.1 Å². The third-order valence-corrected chi connectivity index (χ3v) is 14.8.